The van der Waals surface area contributed by atoms with E-state index in [4.69, 9.17) is 9.47 Å². The molecule has 0 aromatic heterocycles. The van der Waals surface area contributed by atoms with Crippen LogP contribution in [0.15, 0.2) is 24.3 Å². The summed E-state index contributed by atoms with van der Waals surface area (Å²) >= 11 is 0. The number of carbonyl (C=O) groups excluding carboxylic acids is 3. The highest BCUT2D eigenvalue weighted by atomic mass is 16.5. The lowest BCUT2D eigenvalue weighted by atomic mass is 9.74. The molecular weight excluding hydrogens is 408 g/mol. The van der Waals surface area contributed by atoms with Gasteiger partial charge < -0.3 is 14.4 Å². The van der Waals surface area contributed by atoms with Crippen LogP contribution in [0.3, 0.4) is 0 Å². The molecule has 32 heavy (non-hydrogen) atoms. The average molecular weight is 445 g/mol. The molecule has 0 aliphatic carbocycles. The van der Waals surface area contributed by atoms with Crippen LogP contribution in [0.25, 0.3) is 0 Å². The number of nitrogens with zero attached hydrogens (tertiary/aromatic N) is 2. The van der Waals surface area contributed by atoms with E-state index in [2.05, 4.69) is 0 Å². The van der Waals surface area contributed by atoms with Gasteiger partial charge in [0.05, 0.1) is 11.5 Å². The van der Waals surface area contributed by atoms with Gasteiger partial charge in [0.25, 0.3) is 0 Å². The number of likely N-dealkylation sites (tertiary alicyclic amines) is 1. The molecule has 1 aromatic carbocycles. The maximum absolute atomic E-state index is 13.7. The highest BCUT2D eigenvalue weighted by Crippen LogP contribution is 2.42. The predicted molar refractivity (Wildman–Crippen MR) is 121 cm³/mol. The van der Waals surface area contributed by atoms with Crippen LogP contribution in [0.4, 0.5) is 0 Å². The number of benzene rings is 1. The molecule has 7 nitrogen and oxygen atoms in total. The van der Waals surface area contributed by atoms with Gasteiger partial charge in [-0.25, -0.2) is 0 Å². The largest absolute Gasteiger partial charge is 0.385 e. The molecule has 2 heterocycles. The molecule has 3 amide bonds. The van der Waals surface area contributed by atoms with E-state index >= 15 is 0 Å². The van der Waals surface area contributed by atoms with E-state index in [1.807, 2.05) is 43.0 Å². The molecule has 176 valence electrons. The molecule has 2 aliphatic heterocycles. The summed E-state index contributed by atoms with van der Waals surface area (Å²) in [6.07, 6.45) is 3.42. The molecular formula is C25H36N2O5. The summed E-state index contributed by atoms with van der Waals surface area (Å²) in [5, 5.41) is 0. The van der Waals surface area contributed by atoms with Crippen molar-refractivity contribution in [2.24, 2.45) is 0 Å². The Morgan fingerprint density at radius 2 is 2.09 bits per heavy atom. The summed E-state index contributed by atoms with van der Waals surface area (Å²) in [5.41, 5.74) is 0.533. The Morgan fingerprint density at radius 3 is 2.75 bits per heavy atom. The van der Waals surface area contributed by atoms with Gasteiger partial charge in [-0.1, -0.05) is 31.2 Å². The second kappa shape index (κ2) is 11.1. The van der Waals surface area contributed by atoms with Gasteiger partial charge in [0.15, 0.2) is 0 Å². The Labute approximate surface area is 191 Å². The first-order valence-electron chi connectivity index (χ1n) is 11.7. The fourth-order valence-corrected chi connectivity index (χ4v) is 4.94. The number of rotatable bonds is 11. The van der Waals surface area contributed by atoms with Crippen molar-refractivity contribution in [3.63, 3.8) is 0 Å². The van der Waals surface area contributed by atoms with Crippen molar-refractivity contribution in [3.8, 4) is 0 Å². The Balaban J connectivity index is 1.89. The van der Waals surface area contributed by atoms with Gasteiger partial charge in [-0.15, -0.1) is 0 Å². The number of ether oxygens (including phenoxy) is 2. The molecule has 0 bridgehead atoms. The number of hydrogen-bond donors (Lipinski definition) is 0. The molecule has 7 heteroatoms. The van der Waals surface area contributed by atoms with Crippen molar-refractivity contribution in [2.75, 3.05) is 40.0 Å². The first-order chi connectivity index (χ1) is 15.4. The lowest BCUT2D eigenvalue weighted by Gasteiger charge is -2.32. The van der Waals surface area contributed by atoms with E-state index in [1.165, 1.54) is 4.90 Å². The minimum absolute atomic E-state index is 0.00404. The van der Waals surface area contributed by atoms with Gasteiger partial charge >= 0.3 is 0 Å². The van der Waals surface area contributed by atoms with Crippen LogP contribution >= 0.6 is 0 Å². The van der Waals surface area contributed by atoms with Gasteiger partial charge in [0.1, 0.15) is 0 Å². The van der Waals surface area contributed by atoms with Gasteiger partial charge in [-0.05, 0) is 43.7 Å². The fourth-order valence-electron chi connectivity index (χ4n) is 4.94. The van der Waals surface area contributed by atoms with Crippen molar-refractivity contribution in [1.82, 2.24) is 9.80 Å². The molecule has 2 atom stereocenters. The summed E-state index contributed by atoms with van der Waals surface area (Å²) in [6, 6.07) is 7.60. The topological polar surface area (TPSA) is 76.2 Å². The van der Waals surface area contributed by atoms with E-state index in [-0.39, 0.29) is 36.7 Å². The van der Waals surface area contributed by atoms with Gasteiger partial charge in [0, 0.05) is 52.8 Å². The van der Waals surface area contributed by atoms with E-state index in [0.717, 1.165) is 37.0 Å². The molecule has 0 unspecified atom stereocenters. The van der Waals surface area contributed by atoms with Crippen LogP contribution in [0.2, 0.25) is 0 Å². The van der Waals surface area contributed by atoms with Gasteiger partial charge in [-0.2, -0.15) is 0 Å². The third-order valence-electron chi connectivity index (χ3n) is 6.55. The molecule has 0 radical (unpaired) electrons. The number of imide groups is 1. The smallest absolute Gasteiger partial charge is 0.240 e. The van der Waals surface area contributed by atoms with Crippen LogP contribution in [0, 0.1) is 6.92 Å². The molecule has 2 aliphatic rings. The maximum atomic E-state index is 13.7. The second-order valence-corrected chi connectivity index (χ2v) is 8.92. The van der Waals surface area contributed by atoms with Crippen LogP contribution < -0.4 is 0 Å². The minimum atomic E-state index is -1.16. The summed E-state index contributed by atoms with van der Waals surface area (Å²) in [5.74, 6) is -0.580. The second-order valence-electron chi connectivity index (χ2n) is 8.92. The predicted octanol–water partition coefficient (Wildman–Crippen LogP) is 2.84. The van der Waals surface area contributed by atoms with Crippen LogP contribution in [-0.2, 0) is 29.3 Å². The standard InChI is InChI=1S/C25H36N2O5/c1-4-12-26(18-20-10-7-15-32-20)22(28)16-25(21-11-6-5-9-19(21)2)17-23(29)27(24(25)30)13-8-14-31-3/h5-6,9,11,20H,4,7-8,10,12-18H2,1-3H3/t20-,25+/m0/s1. The summed E-state index contributed by atoms with van der Waals surface area (Å²) < 4.78 is 10.8. The first kappa shape index (κ1) is 24.4. The van der Waals surface area contributed by atoms with Crippen molar-refractivity contribution in [2.45, 2.75) is 63.9 Å². The SMILES string of the molecule is CCCN(C[C@@H]1CCCO1)C(=O)C[C@]1(c2ccccc2C)CC(=O)N(CCCOC)C1=O. The molecule has 1 aromatic rings. The Hall–Kier alpha value is -2.25. The fraction of sp³-hybridized carbons (Fsp3) is 0.640. The third-order valence-corrected chi connectivity index (χ3v) is 6.55. The van der Waals surface area contributed by atoms with Crippen molar-refractivity contribution < 1.29 is 23.9 Å². The lowest BCUT2D eigenvalue weighted by Crippen LogP contribution is -2.45. The van der Waals surface area contributed by atoms with Crippen molar-refractivity contribution >= 4 is 17.7 Å². The quantitative estimate of drug-likeness (QED) is 0.388. The highest BCUT2D eigenvalue weighted by Gasteiger charge is 2.54. The highest BCUT2D eigenvalue weighted by molar-refractivity contribution is 6.11. The summed E-state index contributed by atoms with van der Waals surface area (Å²) in [7, 11) is 1.60. The number of methoxy groups -OCH3 is 1. The maximum Gasteiger partial charge on any atom is 0.240 e. The summed E-state index contributed by atoms with van der Waals surface area (Å²) in [6.45, 7) is 6.63. The Morgan fingerprint density at radius 1 is 1.31 bits per heavy atom. The zero-order chi connectivity index (χ0) is 23.1. The van der Waals surface area contributed by atoms with E-state index in [9.17, 15) is 14.4 Å². The monoisotopic (exact) mass is 444 g/mol. The zero-order valence-electron chi connectivity index (χ0n) is 19.6. The first-order valence-corrected chi connectivity index (χ1v) is 11.7. The van der Waals surface area contributed by atoms with E-state index in [0.29, 0.717) is 32.7 Å². The number of aryl methyl sites for hydroxylation is 1. The van der Waals surface area contributed by atoms with Crippen LogP contribution in [-0.4, -0.2) is 73.6 Å². The van der Waals surface area contributed by atoms with Crippen LogP contribution in [0.1, 0.15) is 56.6 Å². The summed E-state index contributed by atoms with van der Waals surface area (Å²) in [4.78, 5) is 43.4. The molecule has 3 rings (SSSR count). The normalized spacial score (nSPS) is 23.2. The van der Waals surface area contributed by atoms with Crippen molar-refractivity contribution in [1.29, 1.82) is 0 Å². The molecule has 0 N–H and O–H groups in total. The lowest BCUT2D eigenvalue weighted by molar-refractivity contribution is -0.143. The van der Waals surface area contributed by atoms with Crippen LogP contribution in [0.5, 0.6) is 0 Å². The Kier molecular flexibility index (Phi) is 8.43. The minimum Gasteiger partial charge on any atom is -0.385 e. The average Bonchev–Trinajstić information content (AvgIpc) is 3.36. The molecule has 0 saturated carbocycles. The third kappa shape index (κ3) is 5.21. The molecule has 2 saturated heterocycles. The Bertz CT molecular complexity index is 820. The number of amides is 3. The van der Waals surface area contributed by atoms with E-state index in [1.54, 1.807) is 7.11 Å². The number of carbonyl (C=O) groups is 3. The van der Waals surface area contributed by atoms with E-state index < -0.39 is 5.41 Å². The zero-order valence-corrected chi connectivity index (χ0v) is 19.6. The molecule has 0 spiro atoms. The van der Waals surface area contributed by atoms with Crippen molar-refractivity contribution in [3.05, 3.63) is 35.4 Å². The number of hydrogen-bond acceptors (Lipinski definition) is 5. The molecule has 2 fully saturated rings. The van der Waals surface area contributed by atoms with Gasteiger partial charge in [-0.3, -0.25) is 19.3 Å². The van der Waals surface area contributed by atoms with Gasteiger partial charge in [0.2, 0.25) is 17.7 Å².